The number of nitrogens with zero attached hydrogens (tertiary/aromatic N) is 1. The number of anilines is 1. The minimum atomic E-state index is -0.353. The van der Waals surface area contributed by atoms with Crippen molar-refractivity contribution in [3.8, 4) is 5.75 Å². The molecule has 2 aromatic carbocycles. The number of amides is 2. The van der Waals surface area contributed by atoms with E-state index in [4.69, 9.17) is 27.9 Å². The molecule has 0 bridgehead atoms. The monoisotopic (exact) mass is 368 g/mol. The minimum Gasteiger partial charge on any atom is -0.496 e. The third-order valence-corrected chi connectivity index (χ3v) is 4.12. The Kier molecular flexibility index (Phi) is 6.73. The number of methoxy groups -OCH3 is 1. The molecule has 0 unspecified atom stereocenters. The average molecular weight is 369 g/mol. The lowest BCUT2D eigenvalue weighted by Gasteiger charge is -2.23. The highest BCUT2D eigenvalue weighted by molar-refractivity contribution is 6.42. The van der Waals surface area contributed by atoms with Crippen LogP contribution >= 0.6 is 23.2 Å². The molecule has 2 rings (SSSR count). The van der Waals surface area contributed by atoms with Crippen LogP contribution in [0.2, 0.25) is 10.0 Å². The van der Waals surface area contributed by atoms with E-state index in [0.29, 0.717) is 28.0 Å². The largest absolute Gasteiger partial charge is 0.496 e. The van der Waals surface area contributed by atoms with E-state index in [1.54, 1.807) is 25.3 Å². The molecule has 0 heterocycles. The van der Waals surface area contributed by atoms with E-state index in [0.717, 1.165) is 5.56 Å². The molecule has 0 aromatic heterocycles. The fourth-order valence-electron chi connectivity index (χ4n) is 2.19. The van der Waals surface area contributed by atoms with Gasteiger partial charge in [0.05, 0.1) is 30.3 Å². The Hall–Kier alpha value is -1.95. The molecule has 0 saturated carbocycles. The highest BCUT2D eigenvalue weighted by Gasteiger charge is 2.16. The quantitative estimate of drug-likeness (QED) is 0.808. The number of nitrogens with one attached hydrogen (secondary N) is 1. The molecular weight excluding hydrogens is 351 g/mol. The van der Waals surface area contributed by atoms with Crippen molar-refractivity contribution in [2.75, 3.05) is 25.6 Å². The van der Waals surface area contributed by atoms with Crippen LogP contribution < -0.4 is 10.1 Å². The fourth-order valence-corrected chi connectivity index (χ4v) is 2.49. The van der Waals surface area contributed by atoms with Gasteiger partial charge in [0.2, 0.25) is 0 Å². The summed E-state index contributed by atoms with van der Waals surface area (Å²) in [6.45, 7) is 0.340. The highest BCUT2D eigenvalue weighted by Crippen LogP contribution is 2.25. The van der Waals surface area contributed by atoms with Crippen LogP contribution in [0.5, 0.6) is 5.75 Å². The van der Waals surface area contributed by atoms with Gasteiger partial charge in [-0.2, -0.15) is 0 Å². The van der Waals surface area contributed by atoms with Gasteiger partial charge < -0.3 is 20.1 Å². The van der Waals surface area contributed by atoms with Crippen LogP contribution in [-0.4, -0.2) is 36.3 Å². The van der Waals surface area contributed by atoms with Crippen molar-refractivity contribution >= 4 is 34.9 Å². The van der Waals surface area contributed by atoms with E-state index in [2.05, 4.69) is 5.32 Å². The molecule has 0 spiro atoms. The van der Waals surface area contributed by atoms with E-state index in [9.17, 15) is 9.90 Å². The molecule has 2 N–H and O–H groups in total. The molecule has 7 heteroatoms. The number of rotatable bonds is 6. The second-order valence-corrected chi connectivity index (χ2v) is 5.83. The molecule has 5 nitrogen and oxygen atoms in total. The Balaban J connectivity index is 2.13. The normalized spacial score (nSPS) is 10.3. The number of aliphatic hydroxyl groups excluding tert-OH is 1. The molecule has 0 aliphatic heterocycles. The topological polar surface area (TPSA) is 61.8 Å². The molecule has 0 radical (unpaired) electrons. The summed E-state index contributed by atoms with van der Waals surface area (Å²) in [4.78, 5) is 14.0. The Morgan fingerprint density at radius 3 is 2.62 bits per heavy atom. The minimum absolute atomic E-state index is 0.149. The number of benzene rings is 2. The van der Waals surface area contributed by atoms with E-state index in [-0.39, 0.29) is 19.2 Å². The SMILES string of the molecule is COc1ccccc1CN(CCO)C(=O)Nc1ccc(Cl)c(Cl)c1. The molecule has 0 atom stereocenters. The zero-order valence-corrected chi connectivity index (χ0v) is 14.6. The fraction of sp³-hybridized carbons (Fsp3) is 0.235. The first kappa shape index (κ1) is 18.4. The molecule has 0 aliphatic rings. The molecule has 0 fully saturated rings. The number of hydrogen-bond donors (Lipinski definition) is 2. The predicted octanol–water partition coefficient (Wildman–Crippen LogP) is 4.03. The van der Waals surface area contributed by atoms with Crippen LogP contribution in [0.25, 0.3) is 0 Å². The Morgan fingerprint density at radius 2 is 1.96 bits per heavy atom. The standard InChI is InChI=1S/C17H18Cl2N2O3/c1-24-16-5-3-2-4-12(16)11-21(8-9-22)17(23)20-13-6-7-14(18)15(19)10-13/h2-7,10,22H,8-9,11H2,1H3,(H,20,23). The van der Waals surface area contributed by atoms with Gasteiger partial charge in [0.25, 0.3) is 0 Å². The number of carbonyl (C=O) groups excluding carboxylic acids is 1. The smallest absolute Gasteiger partial charge is 0.322 e. The maximum Gasteiger partial charge on any atom is 0.322 e. The van der Waals surface area contributed by atoms with Crippen molar-refractivity contribution in [1.29, 1.82) is 0 Å². The summed E-state index contributed by atoms with van der Waals surface area (Å²) < 4.78 is 5.30. The van der Waals surface area contributed by atoms with Gasteiger partial charge in [0.15, 0.2) is 0 Å². The van der Waals surface area contributed by atoms with Crippen LogP contribution in [0, 0.1) is 0 Å². The van der Waals surface area contributed by atoms with Crippen LogP contribution in [0.3, 0.4) is 0 Å². The van der Waals surface area contributed by atoms with Gasteiger partial charge in [-0.15, -0.1) is 0 Å². The summed E-state index contributed by atoms with van der Waals surface area (Å²) in [7, 11) is 1.57. The number of halogens is 2. The summed E-state index contributed by atoms with van der Waals surface area (Å²) in [5, 5.41) is 12.8. The van der Waals surface area contributed by atoms with Crippen molar-refractivity contribution in [1.82, 2.24) is 4.90 Å². The van der Waals surface area contributed by atoms with E-state index in [1.165, 1.54) is 4.90 Å². The van der Waals surface area contributed by atoms with Gasteiger partial charge in [0, 0.05) is 17.8 Å². The second-order valence-electron chi connectivity index (χ2n) is 5.02. The summed E-state index contributed by atoms with van der Waals surface area (Å²) in [5.74, 6) is 0.683. The Labute approximate surface area is 150 Å². The third-order valence-electron chi connectivity index (χ3n) is 3.38. The number of para-hydroxylation sites is 1. The first-order valence-electron chi connectivity index (χ1n) is 7.29. The van der Waals surface area contributed by atoms with E-state index >= 15 is 0 Å². The number of aliphatic hydroxyl groups is 1. The summed E-state index contributed by atoms with van der Waals surface area (Å²) in [5.41, 5.74) is 1.37. The summed E-state index contributed by atoms with van der Waals surface area (Å²) in [6, 6.07) is 11.9. The molecule has 128 valence electrons. The third kappa shape index (κ3) is 4.77. The van der Waals surface area contributed by atoms with Gasteiger partial charge in [0.1, 0.15) is 5.75 Å². The molecule has 2 amide bonds. The van der Waals surface area contributed by atoms with E-state index < -0.39 is 0 Å². The van der Waals surface area contributed by atoms with Gasteiger partial charge >= 0.3 is 6.03 Å². The molecule has 0 saturated heterocycles. The zero-order chi connectivity index (χ0) is 17.5. The van der Waals surface area contributed by atoms with Gasteiger partial charge in [-0.25, -0.2) is 4.79 Å². The number of carbonyl (C=O) groups is 1. The lowest BCUT2D eigenvalue weighted by molar-refractivity contribution is 0.184. The van der Waals surface area contributed by atoms with Crippen molar-refractivity contribution in [3.63, 3.8) is 0 Å². The number of urea groups is 1. The molecular formula is C17H18Cl2N2O3. The van der Waals surface area contributed by atoms with Crippen molar-refractivity contribution in [2.45, 2.75) is 6.54 Å². The second kappa shape index (κ2) is 8.78. The van der Waals surface area contributed by atoms with Crippen molar-refractivity contribution in [3.05, 3.63) is 58.1 Å². The van der Waals surface area contributed by atoms with Crippen molar-refractivity contribution < 1.29 is 14.6 Å². The van der Waals surface area contributed by atoms with Crippen LogP contribution in [0.4, 0.5) is 10.5 Å². The van der Waals surface area contributed by atoms with E-state index in [1.807, 2.05) is 24.3 Å². The maximum absolute atomic E-state index is 12.5. The zero-order valence-electron chi connectivity index (χ0n) is 13.1. The summed E-state index contributed by atoms with van der Waals surface area (Å²) >= 11 is 11.8. The molecule has 24 heavy (non-hydrogen) atoms. The Morgan fingerprint density at radius 1 is 1.21 bits per heavy atom. The number of hydrogen-bond acceptors (Lipinski definition) is 3. The first-order chi connectivity index (χ1) is 11.5. The van der Waals surface area contributed by atoms with Crippen LogP contribution in [0.15, 0.2) is 42.5 Å². The lowest BCUT2D eigenvalue weighted by Crippen LogP contribution is -2.36. The van der Waals surface area contributed by atoms with Gasteiger partial charge in [-0.1, -0.05) is 41.4 Å². The van der Waals surface area contributed by atoms with Crippen LogP contribution in [0.1, 0.15) is 5.56 Å². The maximum atomic E-state index is 12.5. The Bertz CT molecular complexity index is 710. The van der Waals surface area contributed by atoms with Crippen molar-refractivity contribution in [2.24, 2.45) is 0 Å². The molecule has 2 aromatic rings. The van der Waals surface area contributed by atoms with Crippen LogP contribution in [-0.2, 0) is 6.54 Å². The molecule has 0 aliphatic carbocycles. The average Bonchev–Trinajstić information content (AvgIpc) is 2.58. The summed E-state index contributed by atoms with van der Waals surface area (Å²) in [6.07, 6.45) is 0. The number of ether oxygens (including phenoxy) is 1. The predicted molar refractivity (Wildman–Crippen MR) is 96.0 cm³/mol. The van der Waals surface area contributed by atoms with Gasteiger partial charge in [-0.3, -0.25) is 0 Å². The first-order valence-corrected chi connectivity index (χ1v) is 8.04. The lowest BCUT2D eigenvalue weighted by atomic mass is 10.2. The highest BCUT2D eigenvalue weighted by atomic mass is 35.5. The van der Waals surface area contributed by atoms with Gasteiger partial charge in [-0.05, 0) is 24.3 Å².